The van der Waals surface area contributed by atoms with Gasteiger partial charge in [0.15, 0.2) is 0 Å². The van der Waals surface area contributed by atoms with Gasteiger partial charge in [0.1, 0.15) is 5.82 Å². The Hall–Kier alpha value is -0.690. The van der Waals surface area contributed by atoms with Crippen molar-refractivity contribution in [1.29, 1.82) is 0 Å². The summed E-state index contributed by atoms with van der Waals surface area (Å²) in [6, 6.07) is 3.52. The number of sulfonamides is 1. The van der Waals surface area contributed by atoms with Gasteiger partial charge < -0.3 is 5.73 Å². The summed E-state index contributed by atoms with van der Waals surface area (Å²) in [5.74, 6) is -0.282. The molecule has 0 bridgehead atoms. The highest BCUT2D eigenvalue weighted by Crippen LogP contribution is 2.27. The zero-order valence-electron chi connectivity index (χ0n) is 12.7. The molecule has 1 aliphatic carbocycles. The van der Waals surface area contributed by atoms with Crippen LogP contribution >= 0.6 is 12.4 Å². The molecule has 1 saturated carbocycles. The number of nitrogens with one attached hydrogen (secondary N) is 1. The van der Waals surface area contributed by atoms with E-state index in [0.29, 0.717) is 5.56 Å². The predicted octanol–water partition coefficient (Wildman–Crippen LogP) is 2.74. The molecule has 0 spiro atoms. The lowest BCUT2D eigenvalue weighted by molar-refractivity contribution is 0.294. The van der Waals surface area contributed by atoms with Gasteiger partial charge in [-0.15, -0.1) is 12.4 Å². The minimum atomic E-state index is -3.74. The van der Waals surface area contributed by atoms with Crippen LogP contribution in [-0.4, -0.2) is 21.0 Å². The van der Waals surface area contributed by atoms with Crippen molar-refractivity contribution in [3.63, 3.8) is 0 Å². The molecule has 0 saturated heterocycles. The van der Waals surface area contributed by atoms with E-state index in [4.69, 9.17) is 5.73 Å². The monoisotopic (exact) mass is 350 g/mol. The lowest BCUT2D eigenvalue weighted by atomic mass is 9.84. The third kappa shape index (κ3) is 4.65. The fourth-order valence-electron chi connectivity index (χ4n) is 3.00. The molecule has 1 fully saturated rings. The number of hydrogen-bond acceptors (Lipinski definition) is 3. The molecular formula is C15H24ClFN2O2S. The lowest BCUT2D eigenvalue weighted by Gasteiger charge is -2.30. The van der Waals surface area contributed by atoms with E-state index in [1.54, 1.807) is 6.92 Å². The first-order valence-corrected chi connectivity index (χ1v) is 8.91. The number of benzene rings is 1. The first kappa shape index (κ1) is 19.4. The molecule has 0 aromatic heterocycles. The van der Waals surface area contributed by atoms with Crippen molar-refractivity contribution in [3.8, 4) is 0 Å². The number of nitrogens with two attached hydrogens (primary N) is 1. The SMILES string of the molecule is Cc1ccc(F)cc1S(=O)(=O)NC(CN)C1CCCCC1.Cl. The van der Waals surface area contributed by atoms with E-state index in [9.17, 15) is 12.8 Å². The highest BCUT2D eigenvalue weighted by Gasteiger charge is 2.28. The van der Waals surface area contributed by atoms with Gasteiger partial charge in [0, 0.05) is 12.6 Å². The van der Waals surface area contributed by atoms with Crippen LogP contribution in [0.4, 0.5) is 4.39 Å². The van der Waals surface area contributed by atoms with Gasteiger partial charge in [0.05, 0.1) is 4.90 Å². The van der Waals surface area contributed by atoms with Gasteiger partial charge in [0.25, 0.3) is 0 Å². The molecule has 1 aliphatic rings. The Kier molecular flexibility index (Phi) is 7.25. The summed E-state index contributed by atoms with van der Waals surface area (Å²) in [6.45, 7) is 1.92. The summed E-state index contributed by atoms with van der Waals surface area (Å²) in [5.41, 5.74) is 6.29. The van der Waals surface area contributed by atoms with Crippen molar-refractivity contribution in [2.45, 2.75) is 50.0 Å². The van der Waals surface area contributed by atoms with Crippen molar-refractivity contribution in [3.05, 3.63) is 29.6 Å². The van der Waals surface area contributed by atoms with Crippen LogP contribution in [-0.2, 0) is 10.0 Å². The van der Waals surface area contributed by atoms with Crippen LogP contribution < -0.4 is 10.5 Å². The largest absolute Gasteiger partial charge is 0.329 e. The van der Waals surface area contributed by atoms with Gasteiger partial charge in [-0.3, -0.25) is 0 Å². The van der Waals surface area contributed by atoms with Crippen molar-refractivity contribution in [1.82, 2.24) is 4.72 Å². The zero-order chi connectivity index (χ0) is 15.5. The van der Waals surface area contributed by atoms with Crippen molar-refractivity contribution < 1.29 is 12.8 Å². The quantitative estimate of drug-likeness (QED) is 0.857. The summed E-state index contributed by atoms with van der Waals surface area (Å²) in [7, 11) is -3.74. The van der Waals surface area contributed by atoms with Gasteiger partial charge >= 0.3 is 0 Å². The Morgan fingerprint density at radius 3 is 2.55 bits per heavy atom. The molecule has 7 heteroatoms. The van der Waals surface area contributed by atoms with E-state index in [0.717, 1.165) is 31.7 Å². The average molecular weight is 351 g/mol. The lowest BCUT2D eigenvalue weighted by Crippen LogP contribution is -2.45. The number of aryl methyl sites for hydroxylation is 1. The standard InChI is InChI=1S/C15H23FN2O2S.ClH/c1-11-7-8-13(16)9-15(11)21(19,20)18-14(10-17)12-5-3-2-4-6-12;/h7-9,12,14,18H,2-6,10,17H2,1H3;1H. The second kappa shape index (κ2) is 8.24. The Morgan fingerprint density at radius 2 is 1.95 bits per heavy atom. The molecule has 1 atom stereocenters. The minimum Gasteiger partial charge on any atom is -0.329 e. The van der Waals surface area contributed by atoms with Crippen LogP contribution in [0.15, 0.2) is 23.1 Å². The van der Waals surface area contributed by atoms with E-state index in [1.165, 1.54) is 18.6 Å². The molecule has 1 unspecified atom stereocenters. The fourth-order valence-corrected chi connectivity index (χ4v) is 4.57. The van der Waals surface area contributed by atoms with Gasteiger partial charge in [-0.2, -0.15) is 0 Å². The predicted molar refractivity (Wildman–Crippen MR) is 88.1 cm³/mol. The normalized spacial score (nSPS) is 17.8. The molecule has 126 valence electrons. The molecule has 0 aliphatic heterocycles. The van der Waals surface area contributed by atoms with E-state index < -0.39 is 15.8 Å². The molecule has 0 amide bonds. The Bertz CT molecular complexity index is 589. The molecule has 2 rings (SSSR count). The first-order chi connectivity index (χ1) is 9.94. The van der Waals surface area contributed by atoms with Gasteiger partial charge in [-0.1, -0.05) is 25.3 Å². The highest BCUT2D eigenvalue weighted by molar-refractivity contribution is 7.89. The third-order valence-electron chi connectivity index (χ3n) is 4.22. The van der Waals surface area contributed by atoms with Crippen LogP contribution in [0, 0.1) is 18.7 Å². The first-order valence-electron chi connectivity index (χ1n) is 7.42. The van der Waals surface area contributed by atoms with E-state index >= 15 is 0 Å². The Morgan fingerprint density at radius 1 is 1.32 bits per heavy atom. The van der Waals surface area contributed by atoms with Crippen LogP contribution in [0.25, 0.3) is 0 Å². The molecule has 0 heterocycles. The fraction of sp³-hybridized carbons (Fsp3) is 0.600. The van der Waals surface area contributed by atoms with Crippen LogP contribution in [0.3, 0.4) is 0 Å². The summed E-state index contributed by atoms with van der Waals surface area (Å²) in [6.07, 6.45) is 5.41. The summed E-state index contributed by atoms with van der Waals surface area (Å²) < 4.78 is 41.0. The molecule has 1 aromatic carbocycles. The van der Waals surface area contributed by atoms with Gasteiger partial charge in [-0.25, -0.2) is 17.5 Å². The van der Waals surface area contributed by atoms with Crippen molar-refractivity contribution in [2.75, 3.05) is 6.54 Å². The number of rotatable bonds is 5. The molecule has 0 radical (unpaired) electrons. The third-order valence-corrected chi connectivity index (χ3v) is 5.85. The van der Waals surface area contributed by atoms with Crippen molar-refractivity contribution >= 4 is 22.4 Å². The van der Waals surface area contributed by atoms with Gasteiger partial charge in [0.2, 0.25) is 10.0 Å². The van der Waals surface area contributed by atoms with Crippen molar-refractivity contribution in [2.24, 2.45) is 11.7 Å². The zero-order valence-corrected chi connectivity index (χ0v) is 14.4. The highest BCUT2D eigenvalue weighted by atomic mass is 35.5. The topological polar surface area (TPSA) is 72.2 Å². The molecular weight excluding hydrogens is 327 g/mol. The van der Waals surface area contributed by atoms with Crippen LogP contribution in [0.2, 0.25) is 0 Å². The minimum absolute atomic E-state index is 0. The molecule has 3 N–H and O–H groups in total. The number of hydrogen-bond donors (Lipinski definition) is 2. The molecule has 1 aromatic rings. The van der Waals surface area contributed by atoms with Crippen LogP contribution in [0.1, 0.15) is 37.7 Å². The molecule has 22 heavy (non-hydrogen) atoms. The van der Waals surface area contributed by atoms with E-state index in [1.807, 2.05) is 0 Å². The smallest absolute Gasteiger partial charge is 0.241 e. The van der Waals surface area contributed by atoms with Crippen LogP contribution in [0.5, 0.6) is 0 Å². The average Bonchev–Trinajstić information content (AvgIpc) is 2.48. The second-order valence-corrected chi connectivity index (χ2v) is 7.45. The summed E-state index contributed by atoms with van der Waals surface area (Å²) in [4.78, 5) is -0.00300. The maximum Gasteiger partial charge on any atom is 0.241 e. The maximum atomic E-state index is 13.3. The van der Waals surface area contributed by atoms with E-state index in [-0.39, 0.29) is 35.8 Å². The summed E-state index contributed by atoms with van der Waals surface area (Å²) >= 11 is 0. The number of halogens is 2. The Labute approximate surface area is 138 Å². The molecule has 4 nitrogen and oxygen atoms in total. The van der Waals surface area contributed by atoms with Gasteiger partial charge in [-0.05, 0) is 43.4 Å². The second-order valence-electron chi connectivity index (χ2n) is 5.77. The summed E-state index contributed by atoms with van der Waals surface area (Å²) in [5, 5.41) is 0. The maximum absolute atomic E-state index is 13.3. The van der Waals surface area contributed by atoms with E-state index in [2.05, 4.69) is 4.72 Å². The Balaban J connectivity index is 0.00000242.